The summed E-state index contributed by atoms with van der Waals surface area (Å²) in [7, 11) is 1.63. The molecule has 10 heteroatoms. The summed E-state index contributed by atoms with van der Waals surface area (Å²) in [4.78, 5) is 31.2. The predicted molar refractivity (Wildman–Crippen MR) is 121 cm³/mol. The number of anilines is 1. The lowest BCUT2D eigenvalue weighted by atomic mass is 10.2. The SMILES string of the molecule is CCOCCN1N=C(C)[C@@H](C)n2c1nc1c2c(=O)n(Cc2cccc(Cl)c2)c(=O)n1C. The minimum absolute atomic E-state index is 0.123. The highest BCUT2D eigenvalue weighted by Gasteiger charge is 2.30. The maximum absolute atomic E-state index is 13.5. The van der Waals surface area contributed by atoms with Gasteiger partial charge in [-0.2, -0.15) is 10.1 Å². The molecule has 2 aromatic heterocycles. The smallest absolute Gasteiger partial charge is 0.332 e. The number of imidazole rings is 1. The molecule has 0 bridgehead atoms. The molecule has 1 aromatic carbocycles. The summed E-state index contributed by atoms with van der Waals surface area (Å²) in [6.07, 6.45) is 0. The Morgan fingerprint density at radius 1 is 1.26 bits per heavy atom. The van der Waals surface area contributed by atoms with Crippen molar-refractivity contribution in [3.05, 3.63) is 55.7 Å². The van der Waals surface area contributed by atoms with Gasteiger partial charge in [-0.1, -0.05) is 23.7 Å². The van der Waals surface area contributed by atoms with E-state index in [9.17, 15) is 9.59 Å². The Kier molecular flexibility index (Phi) is 5.72. The molecule has 3 heterocycles. The monoisotopic (exact) mass is 444 g/mol. The third kappa shape index (κ3) is 3.68. The summed E-state index contributed by atoms with van der Waals surface area (Å²) in [5.74, 6) is 0.528. The van der Waals surface area contributed by atoms with Crippen molar-refractivity contribution in [2.24, 2.45) is 12.1 Å². The van der Waals surface area contributed by atoms with Gasteiger partial charge in [0.1, 0.15) is 0 Å². The van der Waals surface area contributed by atoms with Crippen molar-refractivity contribution in [2.45, 2.75) is 33.4 Å². The van der Waals surface area contributed by atoms with E-state index in [-0.39, 0.29) is 18.1 Å². The number of halogens is 1. The van der Waals surface area contributed by atoms with Gasteiger partial charge in [0.05, 0.1) is 31.4 Å². The van der Waals surface area contributed by atoms with Gasteiger partial charge < -0.3 is 4.74 Å². The van der Waals surface area contributed by atoms with Crippen LogP contribution in [0.3, 0.4) is 0 Å². The summed E-state index contributed by atoms with van der Waals surface area (Å²) in [5.41, 5.74) is 1.52. The van der Waals surface area contributed by atoms with E-state index in [1.807, 2.05) is 31.4 Å². The molecule has 0 saturated heterocycles. The number of hydrogen-bond donors (Lipinski definition) is 0. The molecule has 0 aliphatic carbocycles. The summed E-state index contributed by atoms with van der Waals surface area (Å²) in [6.45, 7) is 7.51. The van der Waals surface area contributed by atoms with Crippen molar-refractivity contribution >= 4 is 34.4 Å². The molecule has 31 heavy (non-hydrogen) atoms. The molecule has 0 amide bonds. The fourth-order valence-corrected chi connectivity index (χ4v) is 4.00. The standard InChI is InChI=1S/C21H25ClN6O3/c1-5-31-10-9-27-20-23-18-17(28(20)14(3)13(2)24-27)19(29)26(21(30)25(18)4)12-15-7-6-8-16(22)11-15/h6-8,11,14H,5,9-10,12H2,1-4H3/t14-/m1/s1. The van der Waals surface area contributed by atoms with E-state index < -0.39 is 5.69 Å². The summed E-state index contributed by atoms with van der Waals surface area (Å²) >= 11 is 6.08. The van der Waals surface area contributed by atoms with E-state index in [0.717, 1.165) is 11.3 Å². The van der Waals surface area contributed by atoms with E-state index in [0.29, 0.717) is 41.9 Å². The lowest BCUT2D eigenvalue weighted by molar-refractivity contribution is 0.153. The van der Waals surface area contributed by atoms with Gasteiger partial charge in [-0.05, 0) is 38.5 Å². The van der Waals surface area contributed by atoms with Crippen LogP contribution in [-0.2, 0) is 18.3 Å². The molecule has 1 aliphatic heterocycles. The second-order valence-electron chi connectivity index (χ2n) is 7.55. The normalized spacial score (nSPS) is 16.0. The van der Waals surface area contributed by atoms with Crippen LogP contribution in [0.25, 0.3) is 11.2 Å². The largest absolute Gasteiger partial charge is 0.380 e. The van der Waals surface area contributed by atoms with Crippen LogP contribution in [0.2, 0.25) is 5.02 Å². The molecule has 4 rings (SSSR count). The minimum Gasteiger partial charge on any atom is -0.380 e. The number of aryl methyl sites for hydroxylation is 1. The number of aromatic nitrogens is 4. The second kappa shape index (κ2) is 8.32. The Hall–Kier alpha value is -2.91. The van der Waals surface area contributed by atoms with E-state index >= 15 is 0 Å². The molecule has 9 nitrogen and oxygen atoms in total. The van der Waals surface area contributed by atoms with Gasteiger partial charge in [0.15, 0.2) is 11.2 Å². The molecule has 164 valence electrons. The third-order valence-corrected chi connectivity index (χ3v) is 5.77. The first-order valence-corrected chi connectivity index (χ1v) is 10.6. The summed E-state index contributed by atoms with van der Waals surface area (Å²) < 4.78 is 9.97. The van der Waals surface area contributed by atoms with Crippen LogP contribution in [0.4, 0.5) is 5.95 Å². The molecule has 0 radical (unpaired) electrons. The average Bonchev–Trinajstić information content (AvgIpc) is 3.15. The van der Waals surface area contributed by atoms with Crippen molar-refractivity contribution in [2.75, 3.05) is 24.8 Å². The Morgan fingerprint density at radius 3 is 2.74 bits per heavy atom. The maximum atomic E-state index is 13.5. The van der Waals surface area contributed by atoms with E-state index in [4.69, 9.17) is 16.3 Å². The number of benzene rings is 1. The Bertz CT molecular complexity index is 1290. The summed E-state index contributed by atoms with van der Waals surface area (Å²) in [5, 5.41) is 6.91. The Labute approximate surface area is 184 Å². The van der Waals surface area contributed by atoms with Crippen LogP contribution < -0.4 is 16.3 Å². The molecule has 0 spiro atoms. The molecular formula is C21H25ClN6O3. The Morgan fingerprint density at radius 2 is 2.03 bits per heavy atom. The van der Waals surface area contributed by atoms with Gasteiger partial charge in [0.2, 0.25) is 5.95 Å². The van der Waals surface area contributed by atoms with Gasteiger partial charge in [-0.15, -0.1) is 0 Å². The number of ether oxygens (including phenoxy) is 1. The fourth-order valence-electron chi connectivity index (χ4n) is 3.79. The molecule has 1 aliphatic rings. The highest BCUT2D eigenvalue weighted by Crippen LogP contribution is 2.29. The molecule has 1 atom stereocenters. The van der Waals surface area contributed by atoms with Gasteiger partial charge in [0.25, 0.3) is 5.56 Å². The van der Waals surface area contributed by atoms with Crippen molar-refractivity contribution in [3.63, 3.8) is 0 Å². The highest BCUT2D eigenvalue weighted by atomic mass is 35.5. The van der Waals surface area contributed by atoms with Gasteiger partial charge in [-0.25, -0.2) is 9.80 Å². The number of hydrazone groups is 1. The zero-order valence-electron chi connectivity index (χ0n) is 18.0. The van der Waals surface area contributed by atoms with Crippen LogP contribution in [0, 0.1) is 0 Å². The minimum atomic E-state index is -0.431. The first-order chi connectivity index (χ1) is 14.8. The molecule has 0 saturated carbocycles. The lowest BCUT2D eigenvalue weighted by Gasteiger charge is -2.29. The fraction of sp³-hybridized carbons (Fsp3) is 0.429. The topological polar surface area (TPSA) is 86.7 Å². The predicted octanol–water partition coefficient (Wildman–Crippen LogP) is 2.39. The van der Waals surface area contributed by atoms with Gasteiger partial charge in [0, 0.05) is 18.7 Å². The van der Waals surface area contributed by atoms with Crippen LogP contribution >= 0.6 is 11.6 Å². The molecule has 0 N–H and O–H groups in total. The van der Waals surface area contributed by atoms with Gasteiger partial charge >= 0.3 is 5.69 Å². The van der Waals surface area contributed by atoms with Gasteiger partial charge in [-0.3, -0.25) is 18.5 Å². The molecule has 3 aromatic rings. The van der Waals surface area contributed by atoms with Crippen LogP contribution in [0.5, 0.6) is 0 Å². The number of fused-ring (bicyclic) bond motifs is 3. The van der Waals surface area contributed by atoms with E-state index in [2.05, 4.69) is 10.1 Å². The van der Waals surface area contributed by atoms with E-state index in [1.54, 1.807) is 30.3 Å². The van der Waals surface area contributed by atoms with Crippen molar-refractivity contribution in [1.29, 1.82) is 0 Å². The lowest BCUT2D eigenvalue weighted by Crippen LogP contribution is -2.40. The maximum Gasteiger partial charge on any atom is 0.332 e. The Balaban J connectivity index is 1.90. The molecule has 0 unspecified atom stereocenters. The number of nitrogens with zero attached hydrogens (tertiary/aromatic N) is 6. The second-order valence-corrected chi connectivity index (χ2v) is 7.99. The zero-order valence-corrected chi connectivity index (χ0v) is 18.8. The highest BCUT2D eigenvalue weighted by molar-refractivity contribution is 6.30. The van der Waals surface area contributed by atoms with Crippen LogP contribution in [0.15, 0.2) is 39.0 Å². The number of hydrogen-bond acceptors (Lipinski definition) is 6. The van der Waals surface area contributed by atoms with Crippen molar-refractivity contribution < 1.29 is 4.74 Å². The average molecular weight is 445 g/mol. The first kappa shape index (κ1) is 21.3. The van der Waals surface area contributed by atoms with Crippen LogP contribution in [0.1, 0.15) is 32.4 Å². The molecule has 0 fully saturated rings. The first-order valence-electron chi connectivity index (χ1n) is 10.2. The molecular weight excluding hydrogens is 420 g/mol. The van der Waals surface area contributed by atoms with Crippen LogP contribution in [-0.4, -0.2) is 44.2 Å². The van der Waals surface area contributed by atoms with Crippen molar-refractivity contribution in [1.82, 2.24) is 18.7 Å². The number of rotatable bonds is 6. The van der Waals surface area contributed by atoms with E-state index in [1.165, 1.54) is 9.13 Å². The quantitative estimate of drug-likeness (QED) is 0.545. The summed E-state index contributed by atoms with van der Waals surface area (Å²) in [6, 6.07) is 6.96. The third-order valence-electron chi connectivity index (χ3n) is 5.54. The zero-order chi connectivity index (χ0) is 22.3. The van der Waals surface area contributed by atoms with Crippen molar-refractivity contribution in [3.8, 4) is 0 Å².